The Hall–Kier alpha value is -0.610. The van der Waals surface area contributed by atoms with Crippen molar-refractivity contribution >= 4 is 5.97 Å². The smallest absolute Gasteiger partial charge is 0.323 e. The van der Waals surface area contributed by atoms with Crippen molar-refractivity contribution < 1.29 is 9.90 Å². The molecule has 3 N–H and O–H groups in total. The molecule has 0 bridgehead atoms. The molecule has 2 atom stereocenters. The van der Waals surface area contributed by atoms with E-state index in [0.29, 0.717) is 18.9 Å². The average molecular weight is 226 g/mol. The van der Waals surface area contributed by atoms with E-state index in [2.05, 4.69) is 11.8 Å². The van der Waals surface area contributed by atoms with Crippen LogP contribution in [-0.2, 0) is 4.79 Å². The Labute approximate surface area is 96.8 Å². The molecule has 2 saturated carbocycles. The Bertz CT molecular complexity index is 278. The summed E-state index contributed by atoms with van der Waals surface area (Å²) in [5.74, 6) is 0.0232. The van der Waals surface area contributed by atoms with Gasteiger partial charge in [0.15, 0.2) is 0 Å². The van der Waals surface area contributed by atoms with Crippen molar-refractivity contribution in [2.45, 2.75) is 50.6 Å². The standard InChI is InChI=1S/C12H22N2O2/c1-2-14(8-9-3-4-9)10-5-6-12(13,7-10)11(15)16/h9-10H,2-8,13H2,1H3,(H,15,16). The number of nitrogens with two attached hydrogens (primary N) is 1. The number of carboxylic acid groups (broad SMARTS) is 1. The molecule has 16 heavy (non-hydrogen) atoms. The van der Waals surface area contributed by atoms with Gasteiger partial charge in [-0.2, -0.15) is 0 Å². The number of nitrogens with zero attached hydrogens (tertiary/aromatic N) is 1. The summed E-state index contributed by atoms with van der Waals surface area (Å²) in [6.07, 6.45) is 4.85. The van der Waals surface area contributed by atoms with Crippen molar-refractivity contribution in [1.29, 1.82) is 0 Å². The highest BCUT2D eigenvalue weighted by molar-refractivity contribution is 5.79. The number of aliphatic carboxylic acids is 1. The number of carboxylic acids is 1. The first kappa shape index (κ1) is 11.9. The van der Waals surface area contributed by atoms with E-state index in [9.17, 15) is 4.79 Å². The third-order valence-electron chi connectivity index (χ3n) is 4.06. The molecule has 0 spiro atoms. The van der Waals surface area contributed by atoms with Gasteiger partial charge in [0.2, 0.25) is 0 Å². The SMILES string of the molecule is CCN(CC1CC1)C1CCC(N)(C(=O)O)C1. The summed E-state index contributed by atoms with van der Waals surface area (Å²) in [5.41, 5.74) is 4.93. The molecule has 2 rings (SSSR count). The highest BCUT2D eigenvalue weighted by Gasteiger charge is 2.44. The second-order valence-electron chi connectivity index (χ2n) is 5.39. The Morgan fingerprint density at radius 3 is 2.62 bits per heavy atom. The van der Waals surface area contributed by atoms with Crippen LogP contribution in [0.1, 0.15) is 39.0 Å². The summed E-state index contributed by atoms with van der Waals surface area (Å²) >= 11 is 0. The second-order valence-corrected chi connectivity index (χ2v) is 5.39. The van der Waals surface area contributed by atoms with Crippen molar-refractivity contribution in [3.05, 3.63) is 0 Å². The third-order valence-corrected chi connectivity index (χ3v) is 4.06. The predicted octanol–water partition coefficient (Wildman–Crippen LogP) is 1.05. The lowest BCUT2D eigenvalue weighted by Crippen LogP contribution is -2.47. The van der Waals surface area contributed by atoms with E-state index < -0.39 is 11.5 Å². The maximum atomic E-state index is 11.1. The largest absolute Gasteiger partial charge is 0.480 e. The predicted molar refractivity (Wildman–Crippen MR) is 62.2 cm³/mol. The van der Waals surface area contributed by atoms with E-state index in [-0.39, 0.29) is 0 Å². The molecule has 0 aliphatic heterocycles. The molecule has 0 aromatic heterocycles. The van der Waals surface area contributed by atoms with Gasteiger partial charge in [0.1, 0.15) is 5.54 Å². The van der Waals surface area contributed by atoms with E-state index in [1.54, 1.807) is 0 Å². The molecule has 0 saturated heterocycles. The second kappa shape index (κ2) is 4.34. The Morgan fingerprint density at radius 1 is 1.50 bits per heavy atom. The maximum Gasteiger partial charge on any atom is 0.323 e. The van der Waals surface area contributed by atoms with Crippen LogP contribution in [0.5, 0.6) is 0 Å². The zero-order valence-corrected chi connectivity index (χ0v) is 9.98. The van der Waals surface area contributed by atoms with E-state index >= 15 is 0 Å². The lowest BCUT2D eigenvalue weighted by Gasteiger charge is -2.28. The molecule has 92 valence electrons. The van der Waals surface area contributed by atoms with Crippen molar-refractivity contribution in [2.24, 2.45) is 11.7 Å². The molecule has 0 radical (unpaired) electrons. The lowest BCUT2D eigenvalue weighted by atomic mass is 9.99. The summed E-state index contributed by atoms with van der Waals surface area (Å²) < 4.78 is 0. The maximum absolute atomic E-state index is 11.1. The van der Waals surface area contributed by atoms with E-state index in [0.717, 1.165) is 25.4 Å². The fourth-order valence-electron chi connectivity index (χ4n) is 2.72. The first-order valence-electron chi connectivity index (χ1n) is 6.31. The average Bonchev–Trinajstić information content (AvgIpc) is 2.97. The van der Waals surface area contributed by atoms with Crippen LogP contribution in [0.2, 0.25) is 0 Å². The summed E-state index contributed by atoms with van der Waals surface area (Å²) in [5, 5.41) is 9.10. The van der Waals surface area contributed by atoms with Gasteiger partial charge in [0, 0.05) is 12.6 Å². The Morgan fingerprint density at radius 2 is 2.19 bits per heavy atom. The van der Waals surface area contributed by atoms with Crippen LogP contribution < -0.4 is 5.73 Å². The monoisotopic (exact) mass is 226 g/mol. The highest BCUT2D eigenvalue weighted by Crippen LogP contribution is 2.35. The molecule has 0 aromatic carbocycles. The minimum atomic E-state index is -0.971. The Balaban J connectivity index is 1.92. The van der Waals surface area contributed by atoms with Crippen molar-refractivity contribution in [1.82, 2.24) is 4.90 Å². The molecule has 2 aliphatic carbocycles. The number of hydrogen-bond acceptors (Lipinski definition) is 3. The zero-order chi connectivity index (χ0) is 11.8. The fraction of sp³-hybridized carbons (Fsp3) is 0.917. The summed E-state index contributed by atoms with van der Waals surface area (Å²) in [4.78, 5) is 13.5. The van der Waals surface area contributed by atoms with Crippen molar-refractivity contribution in [3.63, 3.8) is 0 Å². The van der Waals surface area contributed by atoms with Gasteiger partial charge >= 0.3 is 5.97 Å². The number of rotatable bonds is 5. The van der Waals surface area contributed by atoms with Crippen LogP contribution in [-0.4, -0.2) is 40.6 Å². The Kier molecular flexibility index (Phi) is 3.22. The topological polar surface area (TPSA) is 66.6 Å². The number of carbonyl (C=O) groups is 1. The van der Waals surface area contributed by atoms with Gasteiger partial charge in [-0.05, 0) is 44.6 Å². The normalized spacial score (nSPS) is 34.6. The van der Waals surface area contributed by atoms with Crippen LogP contribution >= 0.6 is 0 Å². The van der Waals surface area contributed by atoms with Gasteiger partial charge in [-0.15, -0.1) is 0 Å². The molecule has 0 aromatic rings. The van der Waals surface area contributed by atoms with Crippen molar-refractivity contribution in [3.8, 4) is 0 Å². The molecule has 4 nitrogen and oxygen atoms in total. The van der Waals surface area contributed by atoms with E-state index in [4.69, 9.17) is 10.8 Å². The molecular weight excluding hydrogens is 204 g/mol. The molecule has 2 unspecified atom stereocenters. The van der Waals surface area contributed by atoms with Gasteiger partial charge in [-0.3, -0.25) is 4.79 Å². The summed E-state index contributed by atoms with van der Waals surface area (Å²) in [7, 11) is 0. The molecule has 0 amide bonds. The third kappa shape index (κ3) is 2.38. The van der Waals surface area contributed by atoms with Crippen LogP contribution in [0, 0.1) is 5.92 Å². The minimum absolute atomic E-state index is 0.381. The molecule has 2 aliphatic rings. The first-order chi connectivity index (χ1) is 7.55. The van der Waals surface area contributed by atoms with Gasteiger partial charge in [0.25, 0.3) is 0 Å². The van der Waals surface area contributed by atoms with Crippen LogP contribution in [0.15, 0.2) is 0 Å². The zero-order valence-electron chi connectivity index (χ0n) is 9.98. The quantitative estimate of drug-likeness (QED) is 0.735. The molecule has 0 heterocycles. The molecule has 2 fully saturated rings. The summed E-state index contributed by atoms with van der Waals surface area (Å²) in [6.45, 7) is 4.30. The summed E-state index contributed by atoms with van der Waals surface area (Å²) in [6, 6.07) is 0.381. The lowest BCUT2D eigenvalue weighted by molar-refractivity contribution is -0.143. The van der Waals surface area contributed by atoms with Gasteiger partial charge in [-0.1, -0.05) is 6.92 Å². The highest BCUT2D eigenvalue weighted by atomic mass is 16.4. The van der Waals surface area contributed by atoms with Crippen LogP contribution in [0.25, 0.3) is 0 Å². The van der Waals surface area contributed by atoms with E-state index in [1.165, 1.54) is 12.8 Å². The fourth-order valence-corrected chi connectivity index (χ4v) is 2.72. The van der Waals surface area contributed by atoms with Gasteiger partial charge in [-0.25, -0.2) is 0 Å². The van der Waals surface area contributed by atoms with Crippen molar-refractivity contribution in [2.75, 3.05) is 13.1 Å². The number of hydrogen-bond donors (Lipinski definition) is 2. The minimum Gasteiger partial charge on any atom is -0.480 e. The van der Waals surface area contributed by atoms with Gasteiger partial charge in [0.05, 0.1) is 0 Å². The molecular formula is C12H22N2O2. The van der Waals surface area contributed by atoms with E-state index in [1.807, 2.05) is 0 Å². The molecule has 4 heteroatoms. The van der Waals surface area contributed by atoms with Gasteiger partial charge < -0.3 is 15.7 Å². The van der Waals surface area contributed by atoms with Crippen LogP contribution in [0.4, 0.5) is 0 Å². The van der Waals surface area contributed by atoms with Crippen LogP contribution in [0.3, 0.4) is 0 Å². The first-order valence-corrected chi connectivity index (χ1v) is 6.31.